The Bertz CT molecular complexity index is 608. The molecule has 0 bridgehead atoms. The lowest BCUT2D eigenvalue weighted by atomic mass is 9.82. The molecule has 2 rings (SSSR count). The summed E-state index contributed by atoms with van der Waals surface area (Å²) in [7, 11) is -3.35. The average Bonchev–Trinajstić information content (AvgIpc) is 2.49. The van der Waals surface area contributed by atoms with Crippen LogP contribution in [0.15, 0.2) is 24.3 Å². The minimum atomic E-state index is -3.35. The molecule has 1 aromatic carbocycles. The second kappa shape index (κ2) is 7.32. The Labute approximate surface area is 140 Å². The van der Waals surface area contributed by atoms with E-state index in [1.807, 2.05) is 24.3 Å². The molecule has 1 aliphatic carbocycles. The minimum absolute atomic E-state index is 0.0169. The SMILES string of the molecule is CCC(C)(C)c1ccc(CS(=O)(=O)NC2CCCCC2N)cc1. The number of hydrogen-bond donors (Lipinski definition) is 2. The average molecular weight is 339 g/mol. The molecule has 0 spiro atoms. The fourth-order valence-electron chi connectivity index (χ4n) is 3.05. The zero-order valence-electron chi connectivity index (χ0n) is 14.5. The van der Waals surface area contributed by atoms with Gasteiger partial charge in [0.15, 0.2) is 0 Å². The van der Waals surface area contributed by atoms with Gasteiger partial charge in [-0.15, -0.1) is 0 Å². The summed E-state index contributed by atoms with van der Waals surface area (Å²) in [4.78, 5) is 0. The van der Waals surface area contributed by atoms with Crippen molar-refractivity contribution in [2.24, 2.45) is 5.73 Å². The first-order chi connectivity index (χ1) is 10.7. The molecule has 1 saturated carbocycles. The number of nitrogens with two attached hydrogens (primary N) is 1. The van der Waals surface area contributed by atoms with Crippen LogP contribution in [-0.2, 0) is 21.2 Å². The normalized spacial score (nSPS) is 23.0. The second-order valence-corrected chi connectivity index (χ2v) is 9.12. The summed E-state index contributed by atoms with van der Waals surface area (Å²) in [5, 5.41) is 0. The summed E-state index contributed by atoms with van der Waals surface area (Å²) >= 11 is 0. The van der Waals surface area contributed by atoms with Crippen LogP contribution in [0.25, 0.3) is 0 Å². The van der Waals surface area contributed by atoms with Gasteiger partial charge in [-0.3, -0.25) is 0 Å². The van der Waals surface area contributed by atoms with E-state index in [0.29, 0.717) is 0 Å². The quantitative estimate of drug-likeness (QED) is 0.837. The molecule has 0 heterocycles. The van der Waals surface area contributed by atoms with Crippen molar-refractivity contribution >= 4 is 10.0 Å². The minimum Gasteiger partial charge on any atom is -0.326 e. The molecule has 0 amide bonds. The maximum Gasteiger partial charge on any atom is 0.216 e. The summed E-state index contributed by atoms with van der Waals surface area (Å²) in [5.41, 5.74) is 8.21. The van der Waals surface area contributed by atoms with Crippen LogP contribution in [0.5, 0.6) is 0 Å². The highest BCUT2D eigenvalue weighted by atomic mass is 32.2. The van der Waals surface area contributed by atoms with Gasteiger partial charge < -0.3 is 5.73 Å². The molecule has 5 heteroatoms. The Morgan fingerprint density at radius 3 is 2.35 bits per heavy atom. The van der Waals surface area contributed by atoms with Crippen LogP contribution >= 0.6 is 0 Å². The lowest BCUT2D eigenvalue weighted by molar-refractivity contribution is 0.361. The molecule has 4 nitrogen and oxygen atoms in total. The van der Waals surface area contributed by atoms with Crippen molar-refractivity contribution < 1.29 is 8.42 Å². The zero-order chi connectivity index (χ0) is 17.1. The van der Waals surface area contributed by atoms with Crippen LogP contribution in [0.1, 0.15) is 64.0 Å². The van der Waals surface area contributed by atoms with Gasteiger partial charge in [0.05, 0.1) is 5.75 Å². The van der Waals surface area contributed by atoms with Gasteiger partial charge >= 0.3 is 0 Å². The van der Waals surface area contributed by atoms with Crippen molar-refractivity contribution in [3.8, 4) is 0 Å². The van der Waals surface area contributed by atoms with Crippen LogP contribution < -0.4 is 10.5 Å². The van der Waals surface area contributed by atoms with E-state index in [4.69, 9.17) is 5.73 Å². The smallest absolute Gasteiger partial charge is 0.216 e. The molecule has 3 N–H and O–H groups in total. The monoisotopic (exact) mass is 338 g/mol. The van der Waals surface area contributed by atoms with E-state index in [9.17, 15) is 8.42 Å². The van der Waals surface area contributed by atoms with Crippen LogP contribution in [-0.4, -0.2) is 20.5 Å². The molecule has 0 aromatic heterocycles. The van der Waals surface area contributed by atoms with Crippen molar-refractivity contribution in [1.82, 2.24) is 4.72 Å². The van der Waals surface area contributed by atoms with Gasteiger partial charge in [-0.2, -0.15) is 0 Å². The third-order valence-corrected chi connectivity index (χ3v) is 6.50. The lowest BCUT2D eigenvalue weighted by Gasteiger charge is -2.29. The van der Waals surface area contributed by atoms with Gasteiger partial charge in [-0.05, 0) is 35.8 Å². The Kier molecular flexibility index (Phi) is 5.87. The Morgan fingerprint density at radius 2 is 1.78 bits per heavy atom. The van der Waals surface area contributed by atoms with E-state index in [0.717, 1.165) is 37.7 Å². The summed E-state index contributed by atoms with van der Waals surface area (Å²) in [5.74, 6) is 0.0169. The standard InChI is InChI=1S/C18H30N2O2S/c1-4-18(2,3)15-11-9-14(10-12-15)13-23(21,22)20-17-8-6-5-7-16(17)19/h9-12,16-17,20H,4-8,13,19H2,1-3H3. The number of sulfonamides is 1. The molecule has 1 fully saturated rings. The molecule has 2 atom stereocenters. The van der Waals surface area contributed by atoms with Gasteiger partial charge in [0.25, 0.3) is 0 Å². The highest BCUT2D eigenvalue weighted by Gasteiger charge is 2.26. The van der Waals surface area contributed by atoms with Crippen molar-refractivity contribution in [1.29, 1.82) is 0 Å². The number of nitrogens with one attached hydrogen (secondary N) is 1. The van der Waals surface area contributed by atoms with E-state index in [1.54, 1.807) is 0 Å². The number of benzene rings is 1. The molecule has 0 aliphatic heterocycles. The van der Waals surface area contributed by atoms with Gasteiger partial charge in [0.1, 0.15) is 0 Å². The fraction of sp³-hybridized carbons (Fsp3) is 0.667. The maximum absolute atomic E-state index is 12.4. The molecular weight excluding hydrogens is 308 g/mol. The van der Waals surface area contributed by atoms with E-state index < -0.39 is 10.0 Å². The topological polar surface area (TPSA) is 72.2 Å². The first kappa shape index (κ1) is 18.4. The zero-order valence-corrected chi connectivity index (χ0v) is 15.3. The third-order valence-electron chi connectivity index (χ3n) is 5.13. The first-order valence-electron chi connectivity index (χ1n) is 8.58. The second-order valence-electron chi connectivity index (χ2n) is 7.37. The molecule has 0 radical (unpaired) electrons. The van der Waals surface area contributed by atoms with Crippen LogP contribution in [0.2, 0.25) is 0 Å². The Hall–Kier alpha value is -0.910. The summed E-state index contributed by atoms with van der Waals surface area (Å²) in [6.45, 7) is 6.56. The molecule has 1 aliphatic rings. The van der Waals surface area contributed by atoms with Gasteiger partial charge in [-0.25, -0.2) is 13.1 Å². The first-order valence-corrected chi connectivity index (χ1v) is 10.2. The van der Waals surface area contributed by atoms with Crippen LogP contribution in [0.4, 0.5) is 0 Å². The van der Waals surface area contributed by atoms with Crippen molar-refractivity contribution in [3.63, 3.8) is 0 Å². The fourth-order valence-corrected chi connectivity index (χ4v) is 4.52. The van der Waals surface area contributed by atoms with Crippen molar-refractivity contribution in [2.75, 3.05) is 0 Å². The predicted octanol–water partition coefficient (Wildman–Crippen LogP) is 3.06. The Morgan fingerprint density at radius 1 is 1.17 bits per heavy atom. The lowest BCUT2D eigenvalue weighted by Crippen LogP contribution is -2.49. The molecular formula is C18H30N2O2S. The maximum atomic E-state index is 12.4. The van der Waals surface area contributed by atoms with Gasteiger partial charge in [0, 0.05) is 12.1 Å². The summed E-state index contributed by atoms with van der Waals surface area (Å²) in [6, 6.07) is 7.75. The van der Waals surface area contributed by atoms with Crippen molar-refractivity contribution in [3.05, 3.63) is 35.4 Å². The summed E-state index contributed by atoms with van der Waals surface area (Å²) in [6.07, 6.45) is 4.92. The predicted molar refractivity (Wildman–Crippen MR) is 95.7 cm³/mol. The van der Waals surface area contributed by atoms with E-state index in [-0.39, 0.29) is 23.3 Å². The Balaban J connectivity index is 2.03. The van der Waals surface area contributed by atoms with E-state index in [1.165, 1.54) is 5.56 Å². The highest BCUT2D eigenvalue weighted by Crippen LogP contribution is 2.27. The van der Waals surface area contributed by atoms with Crippen molar-refractivity contribution in [2.45, 2.75) is 76.1 Å². The largest absolute Gasteiger partial charge is 0.326 e. The van der Waals surface area contributed by atoms with Crippen LogP contribution in [0.3, 0.4) is 0 Å². The molecule has 130 valence electrons. The van der Waals surface area contributed by atoms with E-state index >= 15 is 0 Å². The highest BCUT2D eigenvalue weighted by molar-refractivity contribution is 7.88. The van der Waals surface area contributed by atoms with E-state index in [2.05, 4.69) is 25.5 Å². The number of rotatable bonds is 6. The molecule has 0 saturated heterocycles. The van der Waals surface area contributed by atoms with Gasteiger partial charge in [0.2, 0.25) is 10.0 Å². The molecule has 1 aromatic rings. The molecule has 2 unspecified atom stereocenters. The van der Waals surface area contributed by atoms with Gasteiger partial charge in [-0.1, -0.05) is 57.9 Å². The molecule has 23 heavy (non-hydrogen) atoms. The third kappa shape index (κ3) is 5.03. The van der Waals surface area contributed by atoms with Crippen LogP contribution in [0, 0.1) is 0 Å². The summed E-state index contributed by atoms with van der Waals surface area (Å²) < 4.78 is 27.6. The number of hydrogen-bond acceptors (Lipinski definition) is 3.